The summed E-state index contributed by atoms with van der Waals surface area (Å²) in [6.45, 7) is 4.51. The number of aryl methyl sites for hydroxylation is 2. The van der Waals surface area contributed by atoms with Crippen LogP contribution < -0.4 is 0 Å². The molecule has 0 bridgehead atoms. The number of aliphatic hydroxyl groups excluding tert-OH is 1. The van der Waals surface area contributed by atoms with Crippen LogP contribution in [0.5, 0.6) is 0 Å². The third-order valence-electron chi connectivity index (χ3n) is 4.76. The lowest BCUT2D eigenvalue weighted by Crippen LogP contribution is -2.13. The Morgan fingerprint density at radius 3 is 2.78 bits per heavy atom. The first-order valence-electron chi connectivity index (χ1n) is 6.84. The van der Waals surface area contributed by atoms with E-state index in [2.05, 4.69) is 38.1 Å². The molecule has 18 heavy (non-hydrogen) atoms. The first-order valence-corrected chi connectivity index (χ1v) is 6.84. The van der Waals surface area contributed by atoms with E-state index in [1.165, 1.54) is 33.0 Å². The van der Waals surface area contributed by atoms with Crippen molar-refractivity contribution in [3.05, 3.63) is 46.5 Å². The summed E-state index contributed by atoms with van der Waals surface area (Å²) in [5.41, 5.74) is 5.59. The normalized spacial score (nSPS) is 23.6. The van der Waals surface area contributed by atoms with E-state index in [1.54, 1.807) is 0 Å². The Labute approximate surface area is 107 Å². The molecular formula is C17H18O. The van der Waals surface area contributed by atoms with Crippen LogP contribution >= 0.6 is 0 Å². The van der Waals surface area contributed by atoms with E-state index in [9.17, 15) is 5.11 Å². The fourth-order valence-electron chi connectivity index (χ4n) is 4.06. The average Bonchev–Trinajstić information content (AvgIpc) is 2.82. The van der Waals surface area contributed by atoms with Crippen molar-refractivity contribution in [2.45, 2.75) is 44.6 Å². The number of hydrogen-bond acceptors (Lipinski definition) is 1. The molecule has 2 aromatic carbocycles. The highest BCUT2D eigenvalue weighted by atomic mass is 16.3. The minimum absolute atomic E-state index is 0.0918. The molecule has 1 atom stereocenters. The van der Waals surface area contributed by atoms with Gasteiger partial charge in [0, 0.05) is 0 Å². The van der Waals surface area contributed by atoms with Crippen LogP contribution in [-0.4, -0.2) is 5.11 Å². The quantitative estimate of drug-likeness (QED) is 0.742. The number of hydrogen-bond donors (Lipinski definition) is 1. The minimum atomic E-state index is -0.278. The number of benzene rings is 2. The molecule has 2 aromatic rings. The van der Waals surface area contributed by atoms with Crippen LogP contribution in [0.2, 0.25) is 0 Å². The molecule has 1 heteroatoms. The molecule has 1 N–H and O–H groups in total. The van der Waals surface area contributed by atoms with Crippen molar-refractivity contribution >= 4 is 10.8 Å². The van der Waals surface area contributed by atoms with Crippen LogP contribution in [0.3, 0.4) is 0 Å². The Balaban J connectivity index is 2.20. The summed E-state index contributed by atoms with van der Waals surface area (Å²) in [6.07, 6.45) is 2.87. The Hall–Kier alpha value is -1.34. The zero-order valence-electron chi connectivity index (χ0n) is 11.0. The molecule has 0 aromatic heterocycles. The largest absolute Gasteiger partial charge is 0.388 e. The predicted octanol–water partition coefficient (Wildman–Crippen LogP) is 3.65. The molecule has 0 spiro atoms. The summed E-state index contributed by atoms with van der Waals surface area (Å²) in [5, 5.41) is 13.2. The molecular weight excluding hydrogens is 220 g/mol. The number of aliphatic hydroxyl groups is 1. The number of fused-ring (bicyclic) bond motifs is 2. The van der Waals surface area contributed by atoms with Gasteiger partial charge in [-0.1, -0.05) is 38.1 Å². The average molecular weight is 238 g/mol. The topological polar surface area (TPSA) is 20.2 Å². The lowest BCUT2D eigenvalue weighted by Gasteiger charge is -2.21. The molecule has 2 aliphatic carbocycles. The second kappa shape index (κ2) is 3.16. The lowest BCUT2D eigenvalue weighted by molar-refractivity contribution is 0.161. The van der Waals surface area contributed by atoms with Gasteiger partial charge in [0.15, 0.2) is 0 Å². The van der Waals surface area contributed by atoms with Crippen LogP contribution in [0, 0.1) is 0 Å². The van der Waals surface area contributed by atoms with Crippen molar-refractivity contribution < 1.29 is 5.11 Å². The molecule has 2 aliphatic rings. The highest BCUT2D eigenvalue weighted by Gasteiger charge is 2.38. The Morgan fingerprint density at radius 1 is 1.17 bits per heavy atom. The molecule has 1 nitrogen and oxygen atoms in total. The molecule has 0 aliphatic heterocycles. The zero-order chi connectivity index (χ0) is 12.5. The van der Waals surface area contributed by atoms with E-state index < -0.39 is 0 Å². The van der Waals surface area contributed by atoms with E-state index in [4.69, 9.17) is 0 Å². The summed E-state index contributed by atoms with van der Waals surface area (Å²) in [6, 6.07) is 8.94. The standard InChI is InChI=1S/C17H18O/c1-17(2)9-14(18)13-8-11-7-6-10-4-3-5-12(15(10)11)16(13)17/h3-5,8,14,18H,6-7,9H2,1-2H3. The van der Waals surface area contributed by atoms with E-state index >= 15 is 0 Å². The molecule has 92 valence electrons. The smallest absolute Gasteiger partial charge is 0.0801 e. The first-order chi connectivity index (χ1) is 8.58. The van der Waals surface area contributed by atoms with Crippen molar-refractivity contribution in [2.75, 3.05) is 0 Å². The Kier molecular flexibility index (Phi) is 1.85. The van der Waals surface area contributed by atoms with Crippen LogP contribution in [-0.2, 0) is 18.3 Å². The van der Waals surface area contributed by atoms with Gasteiger partial charge in [0.1, 0.15) is 0 Å². The fraction of sp³-hybridized carbons (Fsp3) is 0.412. The van der Waals surface area contributed by atoms with Gasteiger partial charge in [0.2, 0.25) is 0 Å². The maximum absolute atomic E-state index is 10.3. The van der Waals surface area contributed by atoms with E-state index in [-0.39, 0.29) is 11.5 Å². The molecule has 0 fully saturated rings. The molecule has 4 rings (SSSR count). The van der Waals surface area contributed by atoms with Gasteiger partial charge in [-0.25, -0.2) is 0 Å². The number of rotatable bonds is 0. The second-order valence-electron chi connectivity index (χ2n) is 6.44. The summed E-state index contributed by atoms with van der Waals surface area (Å²) >= 11 is 0. The summed E-state index contributed by atoms with van der Waals surface area (Å²) in [4.78, 5) is 0. The molecule has 0 saturated carbocycles. The third kappa shape index (κ3) is 1.16. The molecule has 0 radical (unpaired) electrons. The van der Waals surface area contributed by atoms with Crippen molar-refractivity contribution in [1.82, 2.24) is 0 Å². The van der Waals surface area contributed by atoms with Gasteiger partial charge in [-0.3, -0.25) is 0 Å². The van der Waals surface area contributed by atoms with Crippen LogP contribution in [0.4, 0.5) is 0 Å². The molecule has 0 saturated heterocycles. The van der Waals surface area contributed by atoms with Gasteiger partial charge >= 0.3 is 0 Å². The Morgan fingerprint density at radius 2 is 1.94 bits per heavy atom. The summed E-state index contributed by atoms with van der Waals surface area (Å²) in [7, 11) is 0. The van der Waals surface area contributed by atoms with Gasteiger partial charge in [-0.2, -0.15) is 0 Å². The minimum Gasteiger partial charge on any atom is -0.388 e. The van der Waals surface area contributed by atoms with Gasteiger partial charge < -0.3 is 5.11 Å². The van der Waals surface area contributed by atoms with E-state index in [1.807, 2.05) is 0 Å². The van der Waals surface area contributed by atoms with Gasteiger partial charge in [-0.15, -0.1) is 0 Å². The van der Waals surface area contributed by atoms with Gasteiger partial charge in [-0.05, 0) is 57.7 Å². The van der Waals surface area contributed by atoms with E-state index in [0.717, 1.165) is 19.3 Å². The van der Waals surface area contributed by atoms with Gasteiger partial charge in [0.25, 0.3) is 0 Å². The van der Waals surface area contributed by atoms with Crippen LogP contribution in [0.1, 0.15) is 48.6 Å². The Bertz CT molecular complexity index is 667. The van der Waals surface area contributed by atoms with E-state index in [0.29, 0.717) is 0 Å². The zero-order valence-corrected chi connectivity index (χ0v) is 11.0. The predicted molar refractivity (Wildman–Crippen MR) is 74.0 cm³/mol. The maximum atomic E-state index is 10.3. The maximum Gasteiger partial charge on any atom is 0.0801 e. The monoisotopic (exact) mass is 238 g/mol. The van der Waals surface area contributed by atoms with Crippen LogP contribution in [0.15, 0.2) is 24.3 Å². The fourth-order valence-corrected chi connectivity index (χ4v) is 4.06. The lowest BCUT2D eigenvalue weighted by atomic mass is 9.83. The van der Waals surface area contributed by atoms with Crippen molar-refractivity contribution in [2.24, 2.45) is 0 Å². The highest BCUT2D eigenvalue weighted by molar-refractivity contribution is 5.95. The molecule has 0 amide bonds. The van der Waals surface area contributed by atoms with Crippen LogP contribution in [0.25, 0.3) is 10.8 Å². The van der Waals surface area contributed by atoms with Crippen molar-refractivity contribution in [3.63, 3.8) is 0 Å². The molecule has 0 heterocycles. The first kappa shape index (κ1) is 10.6. The summed E-state index contributed by atoms with van der Waals surface area (Å²) in [5.74, 6) is 0. The SMILES string of the molecule is CC1(C)CC(O)c2cc3c4c(cccc4c21)CC3. The summed E-state index contributed by atoms with van der Waals surface area (Å²) < 4.78 is 0. The highest BCUT2D eigenvalue weighted by Crippen LogP contribution is 2.50. The van der Waals surface area contributed by atoms with Crippen molar-refractivity contribution in [3.8, 4) is 0 Å². The molecule has 1 unspecified atom stereocenters. The van der Waals surface area contributed by atoms with Gasteiger partial charge in [0.05, 0.1) is 6.10 Å². The van der Waals surface area contributed by atoms with Crippen molar-refractivity contribution in [1.29, 1.82) is 0 Å². The third-order valence-corrected chi connectivity index (χ3v) is 4.76. The second-order valence-corrected chi connectivity index (χ2v) is 6.44.